The van der Waals surface area contributed by atoms with Crippen molar-refractivity contribution in [2.75, 3.05) is 6.61 Å². The summed E-state index contributed by atoms with van der Waals surface area (Å²) in [6.45, 7) is -0.724. The van der Waals surface area contributed by atoms with E-state index in [9.17, 15) is 14.4 Å². The number of carbonyl (C=O) groups is 3. The Morgan fingerprint density at radius 2 is 1.62 bits per heavy atom. The molecule has 0 bridgehead atoms. The summed E-state index contributed by atoms with van der Waals surface area (Å²) < 4.78 is 4.15. The van der Waals surface area contributed by atoms with Crippen LogP contribution in [0.3, 0.4) is 0 Å². The van der Waals surface area contributed by atoms with Gasteiger partial charge in [-0.3, -0.25) is 9.59 Å². The van der Waals surface area contributed by atoms with Crippen molar-refractivity contribution in [1.29, 1.82) is 0 Å². The minimum atomic E-state index is -1.27. The van der Waals surface area contributed by atoms with Crippen LogP contribution < -0.4 is 0 Å². The van der Waals surface area contributed by atoms with Crippen LogP contribution in [-0.2, 0) is 19.1 Å². The Morgan fingerprint density at radius 1 is 1.08 bits per heavy atom. The van der Waals surface area contributed by atoms with Crippen molar-refractivity contribution in [3.63, 3.8) is 0 Å². The van der Waals surface area contributed by atoms with Gasteiger partial charge in [-0.15, -0.1) is 0 Å². The van der Waals surface area contributed by atoms with E-state index in [4.69, 9.17) is 10.2 Å². The minimum Gasteiger partial charge on any atom is -1.00 e. The van der Waals surface area contributed by atoms with Gasteiger partial charge >= 0.3 is 55.6 Å². The third-order valence-corrected chi connectivity index (χ3v) is 0.900. The molecule has 0 atom stereocenters. The van der Waals surface area contributed by atoms with E-state index in [2.05, 4.69) is 4.74 Å². The average molecular weight is 218 g/mol. The molecule has 0 aromatic rings. The summed E-state index contributed by atoms with van der Waals surface area (Å²) in [5, 5.41) is 16.2. The summed E-state index contributed by atoms with van der Waals surface area (Å²) in [5.41, 5.74) is 0. The standard InChI is InChI=1S/C6H8O6.Ca.2H/c7-4(8)1-2-6(11)12-3-5(9)10;;;/h1-3H2,(H,7,8)(H,9,10);;;/q;+2;2*-1. The maximum Gasteiger partial charge on any atom is 2.00 e. The average Bonchev–Trinajstić information content (AvgIpc) is 1.96. The first-order valence-corrected chi connectivity index (χ1v) is 3.11. The van der Waals surface area contributed by atoms with Gasteiger partial charge in [-0.25, -0.2) is 4.79 Å². The van der Waals surface area contributed by atoms with E-state index < -0.39 is 24.5 Å². The smallest absolute Gasteiger partial charge is 1.00 e. The molecule has 0 unspecified atom stereocenters. The first-order chi connectivity index (χ1) is 5.52. The predicted molar refractivity (Wildman–Crippen MR) is 43.4 cm³/mol. The first kappa shape index (κ1) is 15.2. The van der Waals surface area contributed by atoms with E-state index >= 15 is 0 Å². The number of carboxylic acid groups (broad SMARTS) is 2. The minimum absolute atomic E-state index is 0. The van der Waals surface area contributed by atoms with Crippen molar-refractivity contribution < 1.29 is 32.2 Å². The second kappa shape index (κ2) is 8.28. The summed E-state index contributed by atoms with van der Waals surface area (Å²) in [6.07, 6.45) is -0.652. The van der Waals surface area contributed by atoms with Crippen LogP contribution in [-0.4, -0.2) is 72.5 Å². The Morgan fingerprint density at radius 3 is 2.00 bits per heavy atom. The van der Waals surface area contributed by atoms with Crippen molar-refractivity contribution in [3.8, 4) is 0 Å². The number of hydrogen-bond donors (Lipinski definition) is 2. The molecule has 0 aliphatic carbocycles. The van der Waals surface area contributed by atoms with Crippen molar-refractivity contribution in [3.05, 3.63) is 0 Å². The van der Waals surface area contributed by atoms with E-state index in [0.29, 0.717) is 0 Å². The molecule has 6 nitrogen and oxygen atoms in total. The Bertz CT molecular complexity index is 190. The van der Waals surface area contributed by atoms with Crippen LogP contribution in [0.4, 0.5) is 0 Å². The van der Waals surface area contributed by atoms with Crippen molar-refractivity contribution in [2.45, 2.75) is 12.8 Å². The van der Waals surface area contributed by atoms with Crippen LogP contribution in [0.5, 0.6) is 0 Å². The van der Waals surface area contributed by atoms with E-state index in [1.165, 1.54) is 0 Å². The zero-order valence-corrected chi connectivity index (χ0v) is 9.06. The van der Waals surface area contributed by atoms with Gasteiger partial charge in [0.1, 0.15) is 0 Å². The molecule has 0 saturated heterocycles. The SMILES string of the molecule is O=C(O)CCC(=O)OCC(=O)O.[Ca+2].[H-].[H-]. The molecule has 0 spiro atoms. The normalized spacial score (nSPS) is 8.31. The van der Waals surface area contributed by atoms with Crippen LogP contribution >= 0.6 is 0 Å². The molecule has 0 fully saturated rings. The second-order valence-electron chi connectivity index (χ2n) is 1.95. The Hall–Kier alpha value is -0.330. The fourth-order valence-corrected chi connectivity index (χ4v) is 0.423. The van der Waals surface area contributed by atoms with Gasteiger partial charge in [-0.2, -0.15) is 0 Å². The molecule has 13 heavy (non-hydrogen) atoms. The molecule has 0 amide bonds. The van der Waals surface area contributed by atoms with E-state index in [0.717, 1.165) is 0 Å². The van der Waals surface area contributed by atoms with Crippen LogP contribution in [0.15, 0.2) is 0 Å². The van der Waals surface area contributed by atoms with Crippen LogP contribution in [0.1, 0.15) is 15.7 Å². The topological polar surface area (TPSA) is 101 Å². The predicted octanol–water partition coefficient (Wildman–Crippen LogP) is -0.677. The number of aliphatic carboxylic acids is 2. The molecule has 7 heteroatoms. The third-order valence-electron chi connectivity index (χ3n) is 0.900. The van der Waals surface area contributed by atoms with Crippen molar-refractivity contribution in [1.82, 2.24) is 0 Å². The number of carbonyl (C=O) groups excluding carboxylic acids is 1. The molecule has 0 aromatic heterocycles. The fraction of sp³-hybridized carbons (Fsp3) is 0.500. The quantitative estimate of drug-likeness (QED) is 0.468. The summed E-state index contributed by atoms with van der Waals surface area (Å²) in [4.78, 5) is 30.3. The van der Waals surface area contributed by atoms with Gasteiger partial charge in [0.2, 0.25) is 0 Å². The Kier molecular flexibility index (Phi) is 9.65. The summed E-state index contributed by atoms with van der Waals surface area (Å²) in [5.74, 6) is -3.21. The third kappa shape index (κ3) is 11.7. The summed E-state index contributed by atoms with van der Waals surface area (Å²) in [6, 6.07) is 0. The van der Waals surface area contributed by atoms with E-state index in [-0.39, 0.29) is 53.4 Å². The maximum atomic E-state index is 10.5. The largest absolute Gasteiger partial charge is 2.00 e. The molecule has 72 valence electrons. The van der Waals surface area contributed by atoms with Crippen molar-refractivity contribution >= 4 is 55.6 Å². The van der Waals surface area contributed by atoms with E-state index in [1.54, 1.807) is 0 Å². The van der Waals surface area contributed by atoms with Crippen LogP contribution in [0, 0.1) is 0 Å². The van der Waals surface area contributed by atoms with Gasteiger partial charge in [-0.05, 0) is 0 Å². The van der Waals surface area contributed by atoms with Gasteiger partial charge in [-0.1, -0.05) is 0 Å². The number of esters is 1. The maximum absolute atomic E-state index is 10.5. The van der Waals surface area contributed by atoms with Gasteiger partial charge in [0.15, 0.2) is 6.61 Å². The molecule has 0 heterocycles. The molecule has 0 aliphatic rings. The number of carboxylic acids is 2. The van der Waals surface area contributed by atoms with Gasteiger partial charge in [0.05, 0.1) is 12.8 Å². The summed E-state index contributed by atoms with van der Waals surface area (Å²) in [7, 11) is 0. The zero-order valence-electron chi connectivity index (χ0n) is 8.86. The molecule has 0 rings (SSSR count). The summed E-state index contributed by atoms with van der Waals surface area (Å²) >= 11 is 0. The second-order valence-corrected chi connectivity index (χ2v) is 1.95. The monoisotopic (exact) mass is 218 g/mol. The zero-order chi connectivity index (χ0) is 9.56. The molecular formula is C6H10CaO6. The van der Waals surface area contributed by atoms with Gasteiger partial charge < -0.3 is 17.8 Å². The first-order valence-electron chi connectivity index (χ1n) is 3.11. The molecular weight excluding hydrogens is 208 g/mol. The molecule has 0 aromatic carbocycles. The van der Waals surface area contributed by atoms with Gasteiger partial charge in [0, 0.05) is 0 Å². The van der Waals surface area contributed by atoms with Crippen molar-refractivity contribution in [2.24, 2.45) is 0 Å². The number of hydrogen-bond acceptors (Lipinski definition) is 4. The Labute approximate surface area is 107 Å². The molecule has 0 saturated carbocycles. The number of ether oxygens (including phenoxy) is 1. The van der Waals surface area contributed by atoms with Crippen LogP contribution in [0.2, 0.25) is 0 Å². The van der Waals surface area contributed by atoms with Gasteiger partial charge in [0.25, 0.3) is 0 Å². The van der Waals surface area contributed by atoms with E-state index in [1.807, 2.05) is 0 Å². The fourth-order valence-electron chi connectivity index (χ4n) is 0.423. The number of rotatable bonds is 5. The molecule has 0 radical (unpaired) electrons. The molecule has 2 N–H and O–H groups in total. The Balaban J connectivity index is -0.000000202. The molecule has 0 aliphatic heterocycles. The van der Waals surface area contributed by atoms with Crippen LogP contribution in [0.25, 0.3) is 0 Å².